The normalized spacial score (nSPS) is 15.8. The second-order valence-corrected chi connectivity index (χ2v) is 7.02. The lowest BCUT2D eigenvalue weighted by atomic mass is 10.1. The van der Waals surface area contributed by atoms with Crippen molar-refractivity contribution in [2.75, 3.05) is 31.6 Å². The van der Waals surface area contributed by atoms with Crippen molar-refractivity contribution < 1.29 is 24.0 Å². The molecule has 162 valence electrons. The van der Waals surface area contributed by atoms with E-state index in [1.807, 2.05) is 30.3 Å². The molecule has 2 N–H and O–H groups in total. The summed E-state index contributed by atoms with van der Waals surface area (Å²) in [4.78, 5) is 48.7. The van der Waals surface area contributed by atoms with Crippen LogP contribution >= 0.6 is 0 Å². The molecule has 10 heteroatoms. The third-order valence-electron chi connectivity index (χ3n) is 4.80. The number of nitro benzene ring substituents is 1. The van der Waals surface area contributed by atoms with Crippen molar-refractivity contribution in [3.8, 4) is 0 Å². The summed E-state index contributed by atoms with van der Waals surface area (Å²) in [6.07, 6.45) is -0.264. The van der Waals surface area contributed by atoms with Crippen LogP contribution < -0.4 is 10.6 Å². The Balaban J connectivity index is 1.54. The van der Waals surface area contributed by atoms with Crippen LogP contribution in [0.4, 0.5) is 11.4 Å². The van der Waals surface area contributed by atoms with Crippen molar-refractivity contribution in [2.24, 2.45) is 0 Å². The maximum absolute atomic E-state index is 12.5. The molecule has 2 aromatic carbocycles. The lowest BCUT2D eigenvalue weighted by Gasteiger charge is -2.33. The first-order chi connectivity index (χ1) is 14.8. The number of anilines is 1. The third-order valence-corrected chi connectivity index (χ3v) is 4.80. The zero-order chi connectivity index (χ0) is 22.4. The van der Waals surface area contributed by atoms with E-state index in [4.69, 9.17) is 4.74 Å². The largest absolute Gasteiger partial charge is 0.370 e. The molecule has 1 atom stereocenters. The van der Waals surface area contributed by atoms with Crippen molar-refractivity contribution in [2.45, 2.75) is 13.0 Å². The zero-order valence-electron chi connectivity index (χ0n) is 16.9. The summed E-state index contributed by atoms with van der Waals surface area (Å²) in [5.74, 6) is -2.51. The Bertz CT molecular complexity index is 995. The maximum Gasteiger partial charge on any atom is 0.313 e. The van der Waals surface area contributed by atoms with E-state index in [0.717, 1.165) is 5.56 Å². The Kier molecular flexibility index (Phi) is 6.93. The van der Waals surface area contributed by atoms with Crippen LogP contribution in [0.15, 0.2) is 48.5 Å². The molecule has 3 amide bonds. The van der Waals surface area contributed by atoms with Gasteiger partial charge < -0.3 is 20.3 Å². The molecular formula is C21H22N4O6. The number of nitro groups is 1. The molecule has 0 saturated carbocycles. The molecular weight excluding hydrogens is 404 g/mol. The number of rotatable bonds is 5. The number of hydrogen-bond donors (Lipinski definition) is 2. The first-order valence-electron chi connectivity index (χ1n) is 9.63. The summed E-state index contributed by atoms with van der Waals surface area (Å²) in [5, 5.41) is 15.6. The number of nitrogens with one attached hydrogen (secondary N) is 2. The predicted octanol–water partition coefficient (Wildman–Crippen LogP) is 1.56. The molecule has 1 aliphatic heterocycles. The molecule has 2 aromatic rings. The van der Waals surface area contributed by atoms with Gasteiger partial charge in [0.05, 0.1) is 24.6 Å². The fraction of sp³-hybridized carbons (Fsp3) is 0.286. The summed E-state index contributed by atoms with van der Waals surface area (Å²) in [6.45, 7) is 2.37. The number of nitrogens with zero attached hydrogens (tertiary/aromatic N) is 2. The van der Waals surface area contributed by atoms with E-state index in [9.17, 15) is 24.5 Å². The van der Waals surface area contributed by atoms with Crippen molar-refractivity contribution in [1.29, 1.82) is 0 Å². The molecule has 1 aliphatic rings. The van der Waals surface area contributed by atoms with Crippen LogP contribution in [0.3, 0.4) is 0 Å². The molecule has 1 unspecified atom stereocenters. The fourth-order valence-corrected chi connectivity index (χ4v) is 3.17. The number of hydrogen-bond acceptors (Lipinski definition) is 6. The summed E-state index contributed by atoms with van der Waals surface area (Å²) in [7, 11) is 0. The molecule has 10 nitrogen and oxygen atoms in total. The molecule has 31 heavy (non-hydrogen) atoms. The Morgan fingerprint density at radius 2 is 1.90 bits per heavy atom. The number of benzene rings is 2. The average molecular weight is 426 g/mol. The molecule has 1 fully saturated rings. The Morgan fingerprint density at radius 1 is 1.16 bits per heavy atom. The first kappa shape index (κ1) is 21.9. The number of morpholine rings is 1. The number of amides is 3. The van der Waals surface area contributed by atoms with Crippen LogP contribution in [0.25, 0.3) is 0 Å². The third kappa shape index (κ3) is 5.64. The van der Waals surface area contributed by atoms with Crippen LogP contribution in [0.5, 0.6) is 0 Å². The molecule has 0 aromatic heterocycles. The van der Waals surface area contributed by atoms with Gasteiger partial charge in [0.25, 0.3) is 5.69 Å². The van der Waals surface area contributed by atoms with Gasteiger partial charge in [0, 0.05) is 12.6 Å². The minimum Gasteiger partial charge on any atom is -0.370 e. The molecule has 0 bridgehead atoms. The van der Waals surface area contributed by atoms with Gasteiger partial charge in [0.1, 0.15) is 11.8 Å². The highest BCUT2D eigenvalue weighted by atomic mass is 16.6. The van der Waals surface area contributed by atoms with Crippen LogP contribution in [0.1, 0.15) is 17.2 Å². The Labute approximate surface area is 178 Å². The molecule has 0 radical (unpaired) electrons. The van der Waals surface area contributed by atoms with E-state index in [1.54, 1.807) is 17.9 Å². The van der Waals surface area contributed by atoms with E-state index < -0.39 is 16.7 Å². The van der Waals surface area contributed by atoms with E-state index in [-0.39, 0.29) is 29.9 Å². The topological polar surface area (TPSA) is 131 Å². The zero-order valence-corrected chi connectivity index (χ0v) is 16.9. The monoisotopic (exact) mass is 426 g/mol. The van der Waals surface area contributed by atoms with Gasteiger partial charge in [-0.2, -0.15) is 0 Å². The summed E-state index contributed by atoms with van der Waals surface area (Å²) in [6, 6.07) is 13.7. The second kappa shape index (κ2) is 9.81. The van der Waals surface area contributed by atoms with E-state index in [1.165, 1.54) is 12.1 Å². The summed E-state index contributed by atoms with van der Waals surface area (Å²) >= 11 is 0. The van der Waals surface area contributed by atoms with Crippen LogP contribution in [0.2, 0.25) is 0 Å². The molecule has 1 heterocycles. The number of ether oxygens (including phenoxy) is 1. The SMILES string of the molecule is Cc1ccc(NC(=O)C(=O)NCC(=O)N2CCOC(c3ccccc3)C2)c([N+](=O)[O-])c1. The van der Waals surface area contributed by atoms with Gasteiger partial charge in [-0.3, -0.25) is 24.5 Å². The second-order valence-electron chi connectivity index (χ2n) is 7.02. The van der Waals surface area contributed by atoms with Crippen molar-refractivity contribution in [3.05, 3.63) is 69.8 Å². The van der Waals surface area contributed by atoms with Crippen LogP contribution in [0, 0.1) is 17.0 Å². The first-order valence-corrected chi connectivity index (χ1v) is 9.63. The van der Waals surface area contributed by atoms with E-state index in [2.05, 4.69) is 10.6 Å². The van der Waals surface area contributed by atoms with Gasteiger partial charge in [-0.1, -0.05) is 36.4 Å². The number of aryl methyl sites for hydroxylation is 1. The molecule has 0 spiro atoms. The number of carbonyl (C=O) groups excluding carboxylic acids is 3. The molecule has 0 aliphatic carbocycles. The highest BCUT2D eigenvalue weighted by Crippen LogP contribution is 2.25. The molecule has 1 saturated heterocycles. The van der Waals surface area contributed by atoms with Crippen LogP contribution in [-0.4, -0.2) is 53.8 Å². The summed E-state index contributed by atoms with van der Waals surface area (Å²) in [5.41, 5.74) is 1.17. The Morgan fingerprint density at radius 3 is 2.61 bits per heavy atom. The smallest absolute Gasteiger partial charge is 0.313 e. The Hall–Kier alpha value is -3.79. The maximum atomic E-state index is 12.5. The summed E-state index contributed by atoms with van der Waals surface area (Å²) < 4.78 is 5.71. The van der Waals surface area contributed by atoms with Gasteiger partial charge in [0.2, 0.25) is 5.91 Å². The predicted molar refractivity (Wildman–Crippen MR) is 111 cm³/mol. The highest BCUT2D eigenvalue weighted by Gasteiger charge is 2.26. The van der Waals surface area contributed by atoms with Gasteiger partial charge in [-0.05, 0) is 24.1 Å². The highest BCUT2D eigenvalue weighted by molar-refractivity contribution is 6.40. The minimum absolute atomic E-state index is 0.0963. The quantitative estimate of drug-likeness (QED) is 0.424. The minimum atomic E-state index is -1.09. The van der Waals surface area contributed by atoms with Gasteiger partial charge >= 0.3 is 11.8 Å². The van der Waals surface area contributed by atoms with E-state index in [0.29, 0.717) is 25.3 Å². The average Bonchev–Trinajstić information content (AvgIpc) is 2.78. The van der Waals surface area contributed by atoms with Gasteiger partial charge in [-0.15, -0.1) is 0 Å². The van der Waals surface area contributed by atoms with Crippen LogP contribution in [-0.2, 0) is 19.1 Å². The van der Waals surface area contributed by atoms with Crippen molar-refractivity contribution >= 4 is 29.1 Å². The van der Waals surface area contributed by atoms with Gasteiger partial charge in [0.15, 0.2) is 0 Å². The van der Waals surface area contributed by atoms with Crippen molar-refractivity contribution in [1.82, 2.24) is 10.2 Å². The standard InChI is InChI=1S/C21H22N4O6/c1-14-7-8-16(17(11-14)25(29)30)23-21(28)20(27)22-12-19(26)24-9-10-31-18(13-24)15-5-3-2-4-6-15/h2-8,11,18H,9-10,12-13H2,1H3,(H,22,27)(H,23,28). The van der Waals surface area contributed by atoms with Crippen molar-refractivity contribution in [3.63, 3.8) is 0 Å². The lowest BCUT2D eigenvalue weighted by Crippen LogP contribution is -2.48. The molecule has 3 rings (SSSR count). The van der Waals surface area contributed by atoms with E-state index >= 15 is 0 Å². The fourth-order valence-electron chi connectivity index (χ4n) is 3.17. The number of carbonyl (C=O) groups is 3. The lowest BCUT2D eigenvalue weighted by molar-refractivity contribution is -0.384. The van der Waals surface area contributed by atoms with Gasteiger partial charge in [-0.25, -0.2) is 0 Å².